The van der Waals surface area contributed by atoms with E-state index in [2.05, 4.69) is 10.1 Å². The van der Waals surface area contributed by atoms with E-state index in [1.165, 1.54) is 0 Å². The molecule has 0 aliphatic heterocycles. The molecule has 0 saturated heterocycles. The molecule has 7 nitrogen and oxygen atoms in total. The first-order chi connectivity index (χ1) is 4.74. The van der Waals surface area contributed by atoms with Crippen molar-refractivity contribution in [3.63, 3.8) is 0 Å². The predicted molar refractivity (Wildman–Crippen MR) is 28.4 cm³/mol. The Hall–Kier alpha value is -1.79. The summed E-state index contributed by atoms with van der Waals surface area (Å²) in [5.41, 5.74) is 0. The van der Waals surface area contributed by atoms with E-state index < -0.39 is 10.9 Å². The smallest absolute Gasteiger partial charge is 0.390 e. The molecule has 52 valence electrons. The second kappa shape index (κ2) is 2.21. The van der Waals surface area contributed by atoms with Crippen LogP contribution in [0.3, 0.4) is 0 Å². The molecule has 1 aromatic rings. The summed E-state index contributed by atoms with van der Waals surface area (Å²) in [6.07, 6.45) is 0.323. The van der Waals surface area contributed by atoms with Gasteiger partial charge in [-0.3, -0.25) is 4.79 Å². The molecule has 1 N–H and O–H groups in total. The maximum atomic E-state index is 9.89. The van der Waals surface area contributed by atoms with Gasteiger partial charge in [-0.1, -0.05) is 5.10 Å². The first kappa shape index (κ1) is 6.33. The highest BCUT2D eigenvalue weighted by Crippen LogP contribution is 1.98. The summed E-state index contributed by atoms with van der Waals surface area (Å²) in [6, 6.07) is 0. The molecule has 0 aliphatic carbocycles. The van der Waals surface area contributed by atoms with E-state index in [1.54, 1.807) is 0 Å². The van der Waals surface area contributed by atoms with Gasteiger partial charge in [0.05, 0.1) is 0 Å². The maximum Gasteiger partial charge on any atom is 0.453 e. The fraction of sp³-hybridized carbons (Fsp3) is 0. The number of carbonyl (C=O) groups excluding carboxylic acids is 1. The third-order valence-electron chi connectivity index (χ3n) is 0.769. The highest BCUT2D eigenvalue weighted by Gasteiger charge is 2.11. The van der Waals surface area contributed by atoms with E-state index in [4.69, 9.17) is 0 Å². The van der Waals surface area contributed by atoms with Gasteiger partial charge in [0, 0.05) is 0 Å². The lowest BCUT2D eigenvalue weighted by atomic mass is 10.7. The van der Waals surface area contributed by atoms with E-state index in [0.717, 1.165) is 0 Å². The predicted octanol–water partition coefficient (Wildman–Crippen LogP) is -0.475. The number of nitrogens with zero attached hydrogens (tertiary/aromatic N) is 3. The van der Waals surface area contributed by atoms with Crippen molar-refractivity contribution in [3.8, 4) is 0 Å². The molecule has 0 unspecified atom stereocenters. The molecule has 0 fully saturated rings. The average Bonchev–Trinajstić information content (AvgIpc) is 2.34. The fourth-order valence-corrected chi connectivity index (χ4v) is 0.400. The molecule has 1 aromatic heterocycles. The summed E-state index contributed by atoms with van der Waals surface area (Å²) in [5, 5.41) is 15.1. The monoisotopic (exact) mass is 142 g/mol. The van der Waals surface area contributed by atoms with Crippen LogP contribution in [-0.2, 0) is 0 Å². The third-order valence-corrected chi connectivity index (χ3v) is 0.769. The van der Waals surface area contributed by atoms with Crippen molar-refractivity contribution >= 4 is 12.2 Å². The minimum atomic E-state index is -0.764. The van der Waals surface area contributed by atoms with Crippen molar-refractivity contribution < 1.29 is 9.72 Å². The molecule has 0 radical (unpaired) electrons. The Morgan fingerprint density at radius 2 is 2.40 bits per heavy atom. The van der Waals surface area contributed by atoms with Gasteiger partial charge in [-0.25, -0.2) is 0 Å². The molecule has 0 atom stereocenters. The molecule has 0 amide bonds. The molecule has 0 bridgehead atoms. The normalized spacial score (nSPS) is 9.20. The summed E-state index contributed by atoms with van der Waals surface area (Å²) in [7, 11) is 0. The number of nitro groups is 1. The minimum Gasteiger partial charge on any atom is -0.390 e. The lowest BCUT2D eigenvalue weighted by Crippen LogP contribution is -1.89. The second-order valence-corrected chi connectivity index (χ2v) is 1.39. The van der Waals surface area contributed by atoms with Crippen molar-refractivity contribution in [1.82, 2.24) is 15.2 Å². The van der Waals surface area contributed by atoms with Gasteiger partial charge in [-0.15, -0.1) is 5.10 Å². The van der Waals surface area contributed by atoms with E-state index in [1.807, 2.05) is 5.10 Å². The van der Waals surface area contributed by atoms with Gasteiger partial charge < -0.3 is 10.1 Å². The van der Waals surface area contributed by atoms with Crippen LogP contribution in [0.25, 0.3) is 0 Å². The Balaban J connectivity index is 2.98. The van der Waals surface area contributed by atoms with Gasteiger partial charge in [-0.05, 0) is 9.91 Å². The summed E-state index contributed by atoms with van der Waals surface area (Å²) >= 11 is 0. The Morgan fingerprint density at radius 1 is 1.70 bits per heavy atom. The van der Waals surface area contributed by atoms with Crippen LogP contribution < -0.4 is 0 Å². The van der Waals surface area contributed by atoms with Crippen molar-refractivity contribution in [1.29, 1.82) is 0 Å². The van der Waals surface area contributed by atoms with Crippen LogP contribution in [0, 0.1) is 10.1 Å². The molecule has 0 spiro atoms. The van der Waals surface area contributed by atoms with E-state index in [-0.39, 0.29) is 5.82 Å². The van der Waals surface area contributed by atoms with E-state index in [9.17, 15) is 14.9 Å². The molecule has 0 saturated carbocycles. The zero-order valence-electron chi connectivity index (χ0n) is 4.64. The van der Waals surface area contributed by atoms with Gasteiger partial charge in [0.1, 0.15) is 0 Å². The third kappa shape index (κ3) is 0.966. The molecule has 0 aliphatic rings. The lowest BCUT2D eigenvalue weighted by Gasteiger charge is -1.82. The number of aromatic amines is 1. The van der Waals surface area contributed by atoms with Crippen molar-refractivity contribution in [3.05, 3.63) is 15.9 Å². The number of H-pyrrole nitrogens is 1. The number of carbonyl (C=O) groups is 1. The summed E-state index contributed by atoms with van der Waals surface area (Å²) in [4.78, 5) is 22.2. The standard InChI is InChI=1S/C3H2N4O3/c8-1-2-4-3(6-5-2)7(9)10/h1H,(H,4,5,6). The molecular weight excluding hydrogens is 140 g/mol. The number of hydrogen-bond donors (Lipinski definition) is 1. The van der Waals surface area contributed by atoms with Gasteiger partial charge in [0.15, 0.2) is 0 Å². The zero-order valence-corrected chi connectivity index (χ0v) is 4.64. The average molecular weight is 142 g/mol. The van der Waals surface area contributed by atoms with Gasteiger partial charge in [-0.2, -0.15) is 0 Å². The minimum absolute atomic E-state index is 0.216. The van der Waals surface area contributed by atoms with Crippen LogP contribution in [-0.4, -0.2) is 26.4 Å². The Bertz CT molecular complexity index is 266. The summed E-state index contributed by atoms with van der Waals surface area (Å²) in [5.74, 6) is -0.742. The Kier molecular flexibility index (Phi) is 1.40. The summed E-state index contributed by atoms with van der Waals surface area (Å²) in [6.45, 7) is 0. The van der Waals surface area contributed by atoms with Crippen LogP contribution in [0.5, 0.6) is 0 Å². The highest BCUT2D eigenvalue weighted by molar-refractivity contribution is 5.68. The molecule has 1 rings (SSSR count). The number of aldehydes is 1. The Morgan fingerprint density at radius 3 is 2.70 bits per heavy atom. The number of nitrogens with one attached hydrogen (secondary N) is 1. The molecule has 10 heavy (non-hydrogen) atoms. The topological polar surface area (TPSA) is 102 Å². The second-order valence-electron chi connectivity index (χ2n) is 1.39. The fourth-order valence-electron chi connectivity index (χ4n) is 0.400. The quantitative estimate of drug-likeness (QED) is 0.341. The van der Waals surface area contributed by atoms with Crippen LogP contribution in [0.4, 0.5) is 5.95 Å². The van der Waals surface area contributed by atoms with E-state index >= 15 is 0 Å². The van der Waals surface area contributed by atoms with Crippen molar-refractivity contribution in [2.75, 3.05) is 0 Å². The molecule has 0 aromatic carbocycles. The first-order valence-corrected chi connectivity index (χ1v) is 2.26. The van der Waals surface area contributed by atoms with Gasteiger partial charge in [0.2, 0.25) is 6.29 Å². The number of hydrogen-bond acceptors (Lipinski definition) is 5. The molecule has 7 heteroatoms. The van der Waals surface area contributed by atoms with Crippen LogP contribution >= 0.6 is 0 Å². The molecule has 1 heterocycles. The lowest BCUT2D eigenvalue weighted by molar-refractivity contribution is -0.394. The number of rotatable bonds is 2. The van der Waals surface area contributed by atoms with Crippen LogP contribution in [0.15, 0.2) is 0 Å². The highest BCUT2D eigenvalue weighted by atomic mass is 16.6. The van der Waals surface area contributed by atoms with E-state index in [0.29, 0.717) is 6.29 Å². The van der Waals surface area contributed by atoms with Crippen LogP contribution in [0.2, 0.25) is 0 Å². The van der Waals surface area contributed by atoms with Gasteiger partial charge in [0.25, 0.3) is 0 Å². The number of aromatic nitrogens is 3. The van der Waals surface area contributed by atoms with Crippen LogP contribution in [0.1, 0.15) is 10.6 Å². The maximum absolute atomic E-state index is 9.89. The zero-order chi connectivity index (χ0) is 7.56. The SMILES string of the molecule is O=Cc1n[nH]c([N+](=O)[O-])n1. The molecular formula is C3H2N4O3. The van der Waals surface area contributed by atoms with Crippen molar-refractivity contribution in [2.45, 2.75) is 0 Å². The first-order valence-electron chi connectivity index (χ1n) is 2.26. The van der Waals surface area contributed by atoms with Gasteiger partial charge >= 0.3 is 11.8 Å². The summed E-state index contributed by atoms with van der Waals surface area (Å²) < 4.78 is 0. The van der Waals surface area contributed by atoms with Crippen molar-refractivity contribution in [2.24, 2.45) is 0 Å². The Labute approximate surface area is 54.2 Å². The largest absolute Gasteiger partial charge is 0.453 e.